The van der Waals surface area contributed by atoms with E-state index in [1.807, 2.05) is 6.07 Å². The van der Waals surface area contributed by atoms with Crippen LogP contribution in [0.3, 0.4) is 0 Å². The molecule has 90 valence electrons. The van der Waals surface area contributed by atoms with Gasteiger partial charge >= 0.3 is 0 Å². The van der Waals surface area contributed by atoms with Crippen molar-refractivity contribution in [3.63, 3.8) is 0 Å². The molecule has 1 unspecified atom stereocenters. The van der Waals surface area contributed by atoms with Gasteiger partial charge in [0.25, 0.3) is 0 Å². The van der Waals surface area contributed by atoms with E-state index in [-0.39, 0.29) is 11.1 Å². The fourth-order valence-electron chi connectivity index (χ4n) is 1.52. The molecular formula is C11H9Cl2FN2S. The summed E-state index contributed by atoms with van der Waals surface area (Å²) in [5.41, 5.74) is 3.45. The Kier molecular flexibility index (Phi) is 4.01. The minimum atomic E-state index is -0.449. The van der Waals surface area contributed by atoms with Crippen LogP contribution >= 0.6 is 34.5 Å². The van der Waals surface area contributed by atoms with E-state index >= 15 is 0 Å². The van der Waals surface area contributed by atoms with Crippen molar-refractivity contribution in [2.45, 2.75) is 6.04 Å². The lowest BCUT2D eigenvalue weighted by atomic mass is 10.1. The van der Waals surface area contributed by atoms with Gasteiger partial charge in [0.15, 0.2) is 0 Å². The third kappa shape index (κ3) is 2.78. The Morgan fingerprint density at radius 2 is 2.00 bits per heavy atom. The smallest absolute Gasteiger partial charge is 0.141 e. The zero-order valence-corrected chi connectivity index (χ0v) is 10.9. The molecule has 0 saturated heterocycles. The Labute approximate surface area is 112 Å². The Balaban J connectivity index is 2.38. The second-order valence-electron chi connectivity index (χ2n) is 3.42. The number of rotatable bonds is 3. The molecule has 2 rings (SSSR count). The number of hydrogen-bond donors (Lipinski definition) is 2. The van der Waals surface area contributed by atoms with Gasteiger partial charge in [-0.15, -0.1) is 11.3 Å². The first-order valence-electron chi connectivity index (χ1n) is 4.78. The van der Waals surface area contributed by atoms with Crippen LogP contribution in [0.2, 0.25) is 9.36 Å². The van der Waals surface area contributed by atoms with E-state index in [9.17, 15) is 4.39 Å². The second kappa shape index (κ2) is 5.33. The molecule has 0 bridgehead atoms. The van der Waals surface area contributed by atoms with Crippen LogP contribution in [-0.2, 0) is 0 Å². The molecule has 1 aromatic carbocycles. The highest BCUT2D eigenvalue weighted by Crippen LogP contribution is 2.31. The van der Waals surface area contributed by atoms with Crippen LogP contribution in [0.5, 0.6) is 0 Å². The molecule has 0 amide bonds. The van der Waals surface area contributed by atoms with Gasteiger partial charge in [0, 0.05) is 4.88 Å². The zero-order valence-electron chi connectivity index (χ0n) is 8.58. The van der Waals surface area contributed by atoms with Crippen molar-refractivity contribution in [1.29, 1.82) is 0 Å². The minimum Gasteiger partial charge on any atom is -0.271 e. The van der Waals surface area contributed by atoms with Gasteiger partial charge in [0.1, 0.15) is 5.82 Å². The van der Waals surface area contributed by atoms with E-state index in [0.29, 0.717) is 4.34 Å². The molecule has 3 N–H and O–H groups in total. The van der Waals surface area contributed by atoms with Gasteiger partial charge < -0.3 is 0 Å². The average molecular weight is 291 g/mol. The number of nitrogens with two attached hydrogens (primary N) is 1. The molecule has 1 atom stereocenters. The maximum atomic E-state index is 13.1. The molecule has 2 aromatic rings. The number of hydrogen-bond acceptors (Lipinski definition) is 3. The molecule has 6 heteroatoms. The summed E-state index contributed by atoms with van der Waals surface area (Å²) < 4.78 is 13.7. The first-order valence-corrected chi connectivity index (χ1v) is 6.35. The average Bonchev–Trinajstić information content (AvgIpc) is 2.71. The molecule has 17 heavy (non-hydrogen) atoms. The van der Waals surface area contributed by atoms with E-state index in [0.717, 1.165) is 10.4 Å². The SMILES string of the molecule is NNC(c1ccc(F)c(Cl)c1)c1ccc(Cl)s1. The van der Waals surface area contributed by atoms with Gasteiger partial charge in [0.2, 0.25) is 0 Å². The number of benzene rings is 1. The summed E-state index contributed by atoms with van der Waals surface area (Å²) in [6.07, 6.45) is 0. The molecule has 0 aliphatic carbocycles. The molecule has 1 heterocycles. The third-order valence-corrected chi connectivity index (χ3v) is 3.91. The Bertz CT molecular complexity index is 530. The number of hydrazine groups is 1. The monoisotopic (exact) mass is 290 g/mol. The van der Waals surface area contributed by atoms with Gasteiger partial charge in [-0.3, -0.25) is 5.84 Å². The highest BCUT2D eigenvalue weighted by atomic mass is 35.5. The van der Waals surface area contributed by atoms with Crippen LogP contribution < -0.4 is 11.3 Å². The molecule has 0 aliphatic rings. The summed E-state index contributed by atoms with van der Waals surface area (Å²) >= 11 is 13.0. The van der Waals surface area contributed by atoms with Gasteiger partial charge in [-0.1, -0.05) is 29.3 Å². The van der Waals surface area contributed by atoms with Crippen LogP contribution in [-0.4, -0.2) is 0 Å². The number of nitrogens with one attached hydrogen (secondary N) is 1. The standard InChI is InChI=1S/C11H9Cl2FN2S/c12-7-5-6(1-2-8(7)14)11(16-15)9-3-4-10(13)17-9/h1-5,11,16H,15H2. The van der Waals surface area contributed by atoms with Crippen LogP contribution in [0.4, 0.5) is 4.39 Å². The summed E-state index contributed by atoms with van der Waals surface area (Å²) in [5.74, 6) is 5.06. The maximum absolute atomic E-state index is 13.1. The number of halogens is 3. The van der Waals surface area contributed by atoms with Crippen LogP contribution in [0.25, 0.3) is 0 Å². The van der Waals surface area contributed by atoms with Gasteiger partial charge in [-0.2, -0.15) is 0 Å². The quantitative estimate of drug-likeness (QED) is 0.667. The lowest BCUT2D eigenvalue weighted by Crippen LogP contribution is -2.28. The van der Waals surface area contributed by atoms with Gasteiger partial charge in [-0.25, -0.2) is 9.82 Å². The molecule has 1 aromatic heterocycles. The highest BCUT2D eigenvalue weighted by Gasteiger charge is 2.15. The van der Waals surface area contributed by atoms with E-state index in [1.54, 1.807) is 18.2 Å². The summed E-state index contributed by atoms with van der Waals surface area (Å²) in [5, 5.41) is 0.0744. The van der Waals surface area contributed by atoms with Crippen molar-refractivity contribution in [1.82, 2.24) is 5.43 Å². The van der Waals surface area contributed by atoms with E-state index in [4.69, 9.17) is 29.0 Å². The summed E-state index contributed by atoms with van der Waals surface area (Å²) in [4.78, 5) is 0.945. The van der Waals surface area contributed by atoms with Crippen LogP contribution in [0.1, 0.15) is 16.5 Å². The molecule has 0 spiro atoms. The Morgan fingerprint density at radius 3 is 2.53 bits per heavy atom. The normalized spacial score (nSPS) is 12.7. The predicted octanol–water partition coefficient (Wildman–Crippen LogP) is 3.75. The fraction of sp³-hybridized carbons (Fsp3) is 0.0909. The van der Waals surface area contributed by atoms with E-state index in [1.165, 1.54) is 17.4 Å². The largest absolute Gasteiger partial charge is 0.271 e. The molecule has 2 nitrogen and oxygen atoms in total. The summed E-state index contributed by atoms with van der Waals surface area (Å²) in [7, 11) is 0. The zero-order chi connectivity index (χ0) is 12.4. The lowest BCUT2D eigenvalue weighted by Gasteiger charge is -2.15. The molecule has 0 aliphatic heterocycles. The summed E-state index contributed by atoms with van der Waals surface area (Å²) in [6, 6.07) is 7.92. The van der Waals surface area contributed by atoms with Crippen molar-refractivity contribution in [3.8, 4) is 0 Å². The van der Waals surface area contributed by atoms with Crippen molar-refractivity contribution >= 4 is 34.5 Å². The maximum Gasteiger partial charge on any atom is 0.141 e. The first kappa shape index (κ1) is 12.8. The minimum absolute atomic E-state index is 0.0744. The molecule has 0 radical (unpaired) electrons. The molecule has 0 fully saturated rings. The third-order valence-electron chi connectivity index (χ3n) is 2.32. The first-order chi connectivity index (χ1) is 8.11. The van der Waals surface area contributed by atoms with Crippen LogP contribution in [0.15, 0.2) is 30.3 Å². The van der Waals surface area contributed by atoms with Crippen LogP contribution in [0, 0.1) is 5.82 Å². The van der Waals surface area contributed by atoms with Gasteiger partial charge in [0.05, 0.1) is 15.4 Å². The number of thiophene rings is 1. The fourth-order valence-corrected chi connectivity index (χ4v) is 2.86. The predicted molar refractivity (Wildman–Crippen MR) is 69.9 cm³/mol. The van der Waals surface area contributed by atoms with Crippen molar-refractivity contribution in [3.05, 3.63) is 55.9 Å². The molecular weight excluding hydrogens is 282 g/mol. The summed E-state index contributed by atoms with van der Waals surface area (Å²) in [6.45, 7) is 0. The van der Waals surface area contributed by atoms with Crippen molar-refractivity contribution < 1.29 is 4.39 Å². The van der Waals surface area contributed by atoms with Crippen molar-refractivity contribution in [2.75, 3.05) is 0 Å². The highest BCUT2D eigenvalue weighted by molar-refractivity contribution is 7.16. The van der Waals surface area contributed by atoms with Crippen molar-refractivity contribution in [2.24, 2.45) is 5.84 Å². The second-order valence-corrected chi connectivity index (χ2v) is 5.57. The van der Waals surface area contributed by atoms with Gasteiger partial charge in [-0.05, 0) is 29.8 Å². The molecule has 0 saturated carbocycles. The van der Waals surface area contributed by atoms with E-state index in [2.05, 4.69) is 5.43 Å². The Morgan fingerprint density at radius 1 is 1.24 bits per heavy atom. The Hall–Kier alpha value is -0.650. The topological polar surface area (TPSA) is 38.0 Å². The lowest BCUT2D eigenvalue weighted by molar-refractivity contribution is 0.619. The van der Waals surface area contributed by atoms with E-state index < -0.39 is 5.82 Å².